The van der Waals surface area contributed by atoms with Gasteiger partial charge >= 0.3 is 0 Å². The maximum atomic E-state index is 5.68. The van der Waals surface area contributed by atoms with Crippen LogP contribution in [-0.2, 0) is 0 Å². The molecule has 2 heterocycles. The molecule has 1 aliphatic heterocycles. The lowest BCUT2D eigenvalue weighted by Gasteiger charge is -2.14. The molecule has 4 heteroatoms. The first-order chi connectivity index (χ1) is 8.72. The summed E-state index contributed by atoms with van der Waals surface area (Å²) >= 11 is 0. The second kappa shape index (κ2) is 5.40. The summed E-state index contributed by atoms with van der Waals surface area (Å²) in [6.45, 7) is 8.13. The molecular weight excluding hydrogens is 226 g/mol. The van der Waals surface area contributed by atoms with Crippen LogP contribution in [-0.4, -0.2) is 17.6 Å². The van der Waals surface area contributed by atoms with E-state index in [2.05, 4.69) is 23.5 Å². The molecular formula is C14H17N3O. The fourth-order valence-electron chi connectivity index (χ4n) is 1.94. The van der Waals surface area contributed by atoms with E-state index in [0.29, 0.717) is 12.4 Å². The lowest BCUT2D eigenvalue weighted by atomic mass is 10.1. The predicted molar refractivity (Wildman–Crippen MR) is 73.1 cm³/mol. The topological polar surface area (TPSA) is 60.2 Å². The van der Waals surface area contributed by atoms with Gasteiger partial charge in [-0.05, 0) is 24.1 Å². The lowest BCUT2D eigenvalue weighted by Crippen LogP contribution is -2.28. The predicted octanol–water partition coefficient (Wildman–Crippen LogP) is 2.03. The third-order valence-electron chi connectivity index (χ3n) is 2.83. The third kappa shape index (κ3) is 2.71. The average molecular weight is 243 g/mol. The lowest BCUT2D eigenvalue weighted by molar-refractivity contribution is 0.278. The number of hydrogen-bond donors (Lipinski definition) is 2. The van der Waals surface area contributed by atoms with Gasteiger partial charge in [0.1, 0.15) is 18.2 Å². The first kappa shape index (κ1) is 12.2. The van der Waals surface area contributed by atoms with Gasteiger partial charge in [-0.2, -0.15) is 0 Å². The Labute approximate surface area is 107 Å². The van der Waals surface area contributed by atoms with Gasteiger partial charge in [0.2, 0.25) is 0 Å². The fraction of sp³-hybridized carbons (Fsp3) is 0.214. The van der Waals surface area contributed by atoms with E-state index in [9.17, 15) is 0 Å². The minimum atomic E-state index is 0.236. The van der Waals surface area contributed by atoms with Crippen molar-refractivity contribution in [2.75, 3.05) is 12.3 Å². The molecule has 4 nitrogen and oxygen atoms in total. The molecule has 18 heavy (non-hydrogen) atoms. The van der Waals surface area contributed by atoms with Crippen LogP contribution in [0.4, 0.5) is 5.82 Å². The van der Waals surface area contributed by atoms with Gasteiger partial charge in [0.05, 0.1) is 6.04 Å². The maximum Gasteiger partial charge on any atom is 0.126 e. The van der Waals surface area contributed by atoms with Crippen molar-refractivity contribution in [2.24, 2.45) is 0 Å². The summed E-state index contributed by atoms with van der Waals surface area (Å²) in [5.41, 5.74) is 7.80. The molecule has 3 N–H and O–H groups in total. The first-order valence-corrected chi connectivity index (χ1v) is 5.82. The molecule has 1 aromatic heterocycles. The molecule has 0 aromatic carbocycles. The Balaban J connectivity index is 1.90. The molecule has 0 fully saturated rings. The molecule has 1 aliphatic rings. The Hall–Kier alpha value is -2.23. The number of pyridine rings is 1. The van der Waals surface area contributed by atoms with E-state index in [1.807, 2.05) is 6.08 Å². The quantitative estimate of drug-likeness (QED) is 0.830. The molecule has 0 saturated carbocycles. The highest BCUT2D eigenvalue weighted by molar-refractivity contribution is 5.37. The number of nitrogens with one attached hydrogen (secondary N) is 1. The van der Waals surface area contributed by atoms with Gasteiger partial charge in [0.15, 0.2) is 0 Å². The van der Waals surface area contributed by atoms with Gasteiger partial charge in [0.25, 0.3) is 0 Å². The number of allylic oxidation sites excluding steroid dienone is 2. The summed E-state index contributed by atoms with van der Waals surface area (Å²) in [6, 6.07) is 3.74. The molecule has 0 saturated heterocycles. The Morgan fingerprint density at radius 1 is 1.50 bits per heavy atom. The van der Waals surface area contributed by atoms with Crippen LogP contribution in [0.1, 0.15) is 6.42 Å². The molecule has 0 radical (unpaired) electrons. The van der Waals surface area contributed by atoms with Crippen molar-refractivity contribution < 1.29 is 4.74 Å². The van der Waals surface area contributed by atoms with E-state index in [0.717, 1.165) is 17.9 Å². The molecule has 0 amide bonds. The van der Waals surface area contributed by atoms with Crippen LogP contribution >= 0.6 is 0 Å². The zero-order valence-electron chi connectivity index (χ0n) is 10.2. The van der Waals surface area contributed by atoms with Crippen molar-refractivity contribution >= 4 is 5.82 Å². The van der Waals surface area contributed by atoms with Crippen LogP contribution in [0.3, 0.4) is 0 Å². The monoisotopic (exact) mass is 243 g/mol. The van der Waals surface area contributed by atoms with Crippen molar-refractivity contribution in [1.82, 2.24) is 10.3 Å². The fourth-order valence-corrected chi connectivity index (χ4v) is 1.94. The van der Waals surface area contributed by atoms with Crippen molar-refractivity contribution in [3.05, 3.63) is 54.9 Å². The molecule has 0 aliphatic carbocycles. The summed E-state index contributed by atoms with van der Waals surface area (Å²) in [5, 5.41) is 3.34. The van der Waals surface area contributed by atoms with Crippen molar-refractivity contribution in [2.45, 2.75) is 12.5 Å². The van der Waals surface area contributed by atoms with Crippen LogP contribution < -0.4 is 15.8 Å². The van der Waals surface area contributed by atoms with Crippen LogP contribution in [0.25, 0.3) is 0 Å². The SMILES string of the molecule is C=CC1=C(C=C)NC(COc2ccnc(N)c2)C1. The largest absolute Gasteiger partial charge is 0.491 e. The Morgan fingerprint density at radius 2 is 2.33 bits per heavy atom. The smallest absolute Gasteiger partial charge is 0.126 e. The van der Waals surface area contributed by atoms with Gasteiger partial charge < -0.3 is 15.8 Å². The zero-order valence-corrected chi connectivity index (χ0v) is 10.2. The van der Waals surface area contributed by atoms with Crippen LogP contribution in [0, 0.1) is 0 Å². The maximum absolute atomic E-state index is 5.68. The number of hydrogen-bond acceptors (Lipinski definition) is 4. The van der Waals surface area contributed by atoms with Crippen LogP contribution in [0.2, 0.25) is 0 Å². The molecule has 1 atom stereocenters. The Morgan fingerprint density at radius 3 is 2.94 bits per heavy atom. The Bertz CT molecular complexity index is 474. The number of nitrogens with two attached hydrogens (primary N) is 1. The minimum absolute atomic E-state index is 0.236. The molecule has 0 bridgehead atoms. The van der Waals surface area contributed by atoms with E-state index in [4.69, 9.17) is 10.5 Å². The van der Waals surface area contributed by atoms with Crippen LogP contribution in [0.5, 0.6) is 5.75 Å². The van der Waals surface area contributed by atoms with Gasteiger partial charge in [-0.3, -0.25) is 0 Å². The summed E-state index contributed by atoms with van der Waals surface area (Å²) in [7, 11) is 0. The summed E-state index contributed by atoms with van der Waals surface area (Å²) in [4.78, 5) is 3.92. The van der Waals surface area contributed by atoms with Gasteiger partial charge in [-0.25, -0.2) is 4.98 Å². The standard InChI is InChI=1S/C14H17N3O/c1-3-10-7-11(17-13(10)4-2)9-18-12-5-6-16-14(15)8-12/h3-6,8,11,17H,1-2,7,9H2,(H2,15,16). The summed E-state index contributed by atoms with van der Waals surface area (Å²) in [5.74, 6) is 1.19. The molecule has 2 rings (SSSR count). The molecule has 94 valence electrons. The summed E-state index contributed by atoms with van der Waals surface area (Å²) < 4.78 is 5.68. The highest BCUT2D eigenvalue weighted by atomic mass is 16.5. The first-order valence-electron chi connectivity index (χ1n) is 5.82. The molecule has 1 aromatic rings. The number of anilines is 1. The highest BCUT2D eigenvalue weighted by Crippen LogP contribution is 2.21. The molecule has 0 spiro atoms. The third-order valence-corrected chi connectivity index (χ3v) is 2.83. The van der Waals surface area contributed by atoms with Gasteiger partial charge in [-0.1, -0.05) is 19.2 Å². The Kier molecular flexibility index (Phi) is 3.67. The van der Waals surface area contributed by atoms with Crippen molar-refractivity contribution in [3.63, 3.8) is 0 Å². The summed E-state index contributed by atoms with van der Waals surface area (Å²) in [6.07, 6.45) is 6.19. The second-order valence-electron chi connectivity index (χ2n) is 4.12. The number of rotatable bonds is 5. The van der Waals surface area contributed by atoms with Crippen molar-refractivity contribution in [3.8, 4) is 5.75 Å². The van der Waals surface area contributed by atoms with Crippen molar-refractivity contribution in [1.29, 1.82) is 0 Å². The number of aromatic nitrogens is 1. The normalized spacial score (nSPS) is 18.3. The number of ether oxygens (including phenoxy) is 1. The van der Waals surface area contributed by atoms with E-state index >= 15 is 0 Å². The van der Waals surface area contributed by atoms with E-state index in [1.165, 1.54) is 5.57 Å². The zero-order chi connectivity index (χ0) is 13.0. The highest BCUT2D eigenvalue weighted by Gasteiger charge is 2.20. The van der Waals surface area contributed by atoms with E-state index < -0.39 is 0 Å². The number of nitrogens with zero attached hydrogens (tertiary/aromatic N) is 1. The minimum Gasteiger partial charge on any atom is -0.491 e. The average Bonchev–Trinajstić information content (AvgIpc) is 2.79. The molecule has 1 unspecified atom stereocenters. The second-order valence-corrected chi connectivity index (χ2v) is 4.12. The van der Waals surface area contributed by atoms with E-state index in [1.54, 1.807) is 24.4 Å². The number of nitrogen functional groups attached to an aromatic ring is 1. The van der Waals surface area contributed by atoms with E-state index in [-0.39, 0.29) is 6.04 Å². The van der Waals surface area contributed by atoms with Crippen LogP contribution in [0.15, 0.2) is 54.9 Å². The van der Waals surface area contributed by atoms with Gasteiger partial charge in [-0.15, -0.1) is 0 Å². The van der Waals surface area contributed by atoms with Gasteiger partial charge in [0, 0.05) is 18.0 Å².